The first-order valence-corrected chi connectivity index (χ1v) is 8.07. The molecule has 0 radical (unpaired) electrons. The van der Waals surface area contributed by atoms with Gasteiger partial charge in [-0.25, -0.2) is 0 Å². The van der Waals surface area contributed by atoms with E-state index in [4.69, 9.17) is 0 Å². The van der Waals surface area contributed by atoms with Crippen molar-refractivity contribution in [2.24, 2.45) is 17.8 Å². The Labute approximate surface area is 114 Å². The van der Waals surface area contributed by atoms with Gasteiger partial charge >= 0.3 is 0 Å². The van der Waals surface area contributed by atoms with E-state index >= 15 is 0 Å². The smallest absolute Gasteiger partial charge is 0.0141 e. The minimum Gasteiger partial charge on any atom is -0.314 e. The van der Waals surface area contributed by atoms with Gasteiger partial charge in [0.1, 0.15) is 0 Å². The standard InChI is InChI=1S/C16H32N2/c1-12(2)16(13(3)4)18-10-6-7-14(11-18)15-8-5-9-17-15/h12-17H,5-11H2,1-4H3. The molecule has 0 spiro atoms. The van der Waals surface area contributed by atoms with E-state index in [-0.39, 0.29) is 0 Å². The van der Waals surface area contributed by atoms with Crippen molar-refractivity contribution < 1.29 is 0 Å². The second-order valence-corrected chi connectivity index (χ2v) is 7.08. The summed E-state index contributed by atoms with van der Waals surface area (Å²) in [6, 6.07) is 1.59. The highest BCUT2D eigenvalue weighted by Crippen LogP contribution is 2.29. The molecule has 0 aromatic heterocycles. The van der Waals surface area contributed by atoms with E-state index in [2.05, 4.69) is 37.9 Å². The van der Waals surface area contributed by atoms with Crippen LogP contribution in [0.15, 0.2) is 0 Å². The maximum Gasteiger partial charge on any atom is 0.0141 e. The summed E-state index contributed by atoms with van der Waals surface area (Å²) in [5.41, 5.74) is 0. The summed E-state index contributed by atoms with van der Waals surface area (Å²) in [6.45, 7) is 13.5. The number of nitrogens with zero attached hydrogens (tertiary/aromatic N) is 1. The van der Waals surface area contributed by atoms with Crippen molar-refractivity contribution in [2.75, 3.05) is 19.6 Å². The zero-order chi connectivity index (χ0) is 13.1. The number of hydrogen-bond donors (Lipinski definition) is 1. The van der Waals surface area contributed by atoms with Gasteiger partial charge in [0.2, 0.25) is 0 Å². The largest absolute Gasteiger partial charge is 0.314 e. The van der Waals surface area contributed by atoms with Crippen molar-refractivity contribution in [1.29, 1.82) is 0 Å². The summed E-state index contributed by atoms with van der Waals surface area (Å²) in [6.07, 6.45) is 5.64. The minimum absolute atomic E-state index is 0.772. The first-order valence-electron chi connectivity index (χ1n) is 8.07. The summed E-state index contributed by atoms with van der Waals surface area (Å²) >= 11 is 0. The number of piperidine rings is 1. The van der Waals surface area contributed by atoms with Gasteiger partial charge in [-0.3, -0.25) is 4.90 Å². The maximum atomic E-state index is 3.72. The average molecular weight is 252 g/mol. The molecule has 2 heteroatoms. The summed E-state index contributed by atoms with van der Waals surface area (Å²) in [5.74, 6) is 2.46. The number of rotatable bonds is 4. The minimum atomic E-state index is 0.772. The molecular weight excluding hydrogens is 220 g/mol. The average Bonchev–Trinajstić information content (AvgIpc) is 2.81. The molecule has 2 atom stereocenters. The topological polar surface area (TPSA) is 15.3 Å². The summed E-state index contributed by atoms with van der Waals surface area (Å²) in [5, 5.41) is 3.72. The van der Waals surface area contributed by atoms with E-state index in [0.29, 0.717) is 0 Å². The SMILES string of the molecule is CC(C)C(C(C)C)N1CCCC(C2CCCN2)C1. The second kappa shape index (κ2) is 6.38. The number of nitrogens with one attached hydrogen (secondary N) is 1. The molecule has 0 aliphatic carbocycles. The number of hydrogen-bond acceptors (Lipinski definition) is 2. The summed E-state index contributed by atoms with van der Waals surface area (Å²) in [4.78, 5) is 2.80. The molecule has 2 fully saturated rings. The fourth-order valence-corrected chi connectivity index (χ4v) is 4.37. The first kappa shape index (κ1) is 14.3. The van der Waals surface area contributed by atoms with Crippen LogP contribution >= 0.6 is 0 Å². The molecule has 2 aliphatic rings. The molecule has 0 saturated carbocycles. The van der Waals surface area contributed by atoms with Crippen LogP contribution in [0.5, 0.6) is 0 Å². The van der Waals surface area contributed by atoms with Crippen LogP contribution in [0, 0.1) is 17.8 Å². The monoisotopic (exact) mass is 252 g/mol. The molecule has 0 amide bonds. The first-order chi connectivity index (χ1) is 8.59. The van der Waals surface area contributed by atoms with E-state index in [1.165, 1.54) is 45.3 Å². The Morgan fingerprint density at radius 2 is 1.72 bits per heavy atom. The lowest BCUT2D eigenvalue weighted by atomic mass is 9.85. The van der Waals surface area contributed by atoms with Crippen LogP contribution in [0.25, 0.3) is 0 Å². The lowest BCUT2D eigenvalue weighted by Gasteiger charge is -2.43. The van der Waals surface area contributed by atoms with Crippen molar-refractivity contribution in [3.05, 3.63) is 0 Å². The fraction of sp³-hybridized carbons (Fsp3) is 1.00. The Morgan fingerprint density at radius 1 is 1.00 bits per heavy atom. The third kappa shape index (κ3) is 3.27. The van der Waals surface area contributed by atoms with Crippen LogP contribution in [-0.4, -0.2) is 36.6 Å². The van der Waals surface area contributed by atoms with Gasteiger partial charge in [-0.2, -0.15) is 0 Å². The Bertz CT molecular complexity index is 235. The van der Waals surface area contributed by atoms with E-state index < -0.39 is 0 Å². The quantitative estimate of drug-likeness (QED) is 0.827. The van der Waals surface area contributed by atoms with Crippen molar-refractivity contribution in [2.45, 2.75) is 65.5 Å². The lowest BCUT2D eigenvalue weighted by Crippen LogP contribution is -2.50. The van der Waals surface area contributed by atoms with Gasteiger partial charge in [0, 0.05) is 18.6 Å². The summed E-state index contributed by atoms with van der Waals surface area (Å²) < 4.78 is 0. The third-order valence-corrected chi connectivity index (χ3v) is 4.94. The van der Waals surface area contributed by atoms with E-state index in [0.717, 1.165) is 29.8 Å². The van der Waals surface area contributed by atoms with Crippen molar-refractivity contribution >= 4 is 0 Å². The van der Waals surface area contributed by atoms with Crippen LogP contribution < -0.4 is 5.32 Å². The molecule has 0 aromatic carbocycles. The molecule has 2 rings (SSSR count). The van der Waals surface area contributed by atoms with E-state index in [1.54, 1.807) is 0 Å². The molecule has 2 heterocycles. The van der Waals surface area contributed by atoms with E-state index in [1.807, 2.05) is 0 Å². The molecule has 2 nitrogen and oxygen atoms in total. The Balaban J connectivity index is 1.96. The Hall–Kier alpha value is -0.0800. The van der Waals surface area contributed by atoms with Crippen LogP contribution in [0.3, 0.4) is 0 Å². The Morgan fingerprint density at radius 3 is 2.28 bits per heavy atom. The van der Waals surface area contributed by atoms with Gasteiger partial charge in [0.05, 0.1) is 0 Å². The van der Waals surface area contributed by atoms with Crippen LogP contribution in [0.4, 0.5) is 0 Å². The zero-order valence-corrected chi connectivity index (χ0v) is 12.8. The maximum absolute atomic E-state index is 3.72. The molecule has 2 saturated heterocycles. The number of likely N-dealkylation sites (tertiary alicyclic amines) is 1. The van der Waals surface area contributed by atoms with Crippen LogP contribution in [0.2, 0.25) is 0 Å². The molecule has 0 bridgehead atoms. The third-order valence-electron chi connectivity index (χ3n) is 4.94. The Kier molecular flexibility index (Phi) is 5.08. The van der Waals surface area contributed by atoms with Gasteiger partial charge in [0.25, 0.3) is 0 Å². The molecule has 1 N–H and O–H groups in total. The molecule has 18 heavy (non-hydrogen) atoms. The van der Waals surface area contributed by atoms with Crippen molar-refractivity contribution in [3.8, 4) is 0 Å². The predicted octanol–water partition coefficient (Wildman–Crippen LogP) is 3.13. The molecule has 2 aliphatic heterocycles. The van der Waals surface area contributed by atoms with Crippen LogP contribution in [0.1, 0.15) is 53.4 Å². The lowest BCUT2D eigenvalue weighted by molar-refractivity contribution is 0.0585. The van der Waals surface area contributed by atoms with E-state index in [9.17, 15) is 0 Å². The highest BCUT2D eigenvalue weighted by Gasteiger charge is 2.33. The van der Waals surface area contributed by atoms with Gasteiger partial charge in [-0.05, 0) is 56.5 Å². The van der Waals surface area contributed by atoms with Crippen molar-refractivity contribution in [1.82, 2.24) is 10.2 Å². The molecule has 106 valence electrons. The highest BCUT2D eigenvalue weighted by molar-refractivity contribution is 4.89. The van der Waals surface area contributed by atoms with Crippen molar-refractivity contribution in [3.63, 3.8) is 0 Å². The van der Waals surface area contributed by atoms with Gasteiger partial charge in [-0.1, -0.05) is 27.7 Å². The zero-order valence-electron chi connectivity index (χ0n) is 12.8. The predicted molar refractivity (Wildman–Crippen MR) is 78.8 cm³/mol. The van der Waals surface area contributed by atoms with Gasteiger partial charge < -0.3 is 5.32 Å². The van der Waals surface area contributed by atoms with Gasteiger partial charge in [-0.15, -0.1) is 0 Å². The normalized spacial score (nSPS) is 30.8. The second-order valence-electron chi connectivity index (χ2n) is 7.08. The molecular formula is C16H32N2. The molecule has 2 unspecified atom stereocenters. The van der Waals surface area contributed by atoms with Crippen LogP contribution in [-0.2, 0) is 0 Å². The fourth-order valence-electron chi connectivity index (χ4n) is 4.37. The van der Waals surface area contributed by atoms with Gasteiger partial charge in [0.15, 0.2) is 0 Å². The highest BCUT2D eigenvalue weighted by atomic mass is 15.2. The molecule has 0 aromatic rings. The summed E-state index contributed by atoms with van der Waals surface area (Å²) in [7, 11) is 0.